The lowest BCUT2D eigenvalue weighted by atomic mass is 10.1. The van der Waals surface area contributed by atoms with Gasteiger partial charge in [-0.25, -0.2) is 34.4 Å². The van der Waals surface area contributed by atoms with E-state index < -0.39 is 93.4 Å². The summed E-state index contributed by atoms with van der Waals surface area (Å²) in [6, 6.07) is 16.3. The number of hydrogen-bond donors (Lipinski definition) is 1. The van der Waals surface area contributed by atoms with Gasteiger partial charge >= 0.3 is 12.9 Å². The minimum Gasteiger partial charge on any atom is -0.415 e. The molecule has 1 amide bonds. The molecule has 0 fully saturated rings. The minimum absolute atomic E-state index is 0.0123. The number of halogens is 8. The molecule has 1 heterocycles. The summed E-state index contributed by atoms with van der Waals surface area (Å²) in [5, 5.41) is 8.29. The zero-order valence-corrected chi connectivity index (χ0v) is 31.0. The fourth-order valence-electron chi connectivity index (χ4n) is 4.82. The second-order valence-corrected chi connectivity index (χ2v) is 15.6. The molecule has 4 aromatic carbocycles. The zero-order valence-electron chi connectivity index (χ0n) is 29.3. The molecule has 5 rings (SSSR count). The van der Waals surface area contributed by atoms with Gasteiger partial charge in [0.1, 0.15) is 23.3 Å². The first-order valence-corrected chi connectivity index (χ1v) is 19.6. The van der Waals surface area contributed by atoms with Crippen LogP contribution in [-0.2, 0) is 37.9 Å². The summed E-state index contributed by atoms with van der Waals surface area (Å²) < 4.78 is 160. The van der Waals surface area contributed by atoms with Crippen LogP contribution < -0.4 is 13.9 Å². The molecular formula is C35H29F8N5O7S2. The largest absolute Gasteiger partial charge is 0.415 e. The fraction of sp³-hybridized carbons (Fsp3) is 0.200. The van der Waals surface area contributed by atoms with E-state index in [1.165, 1.54) is 42.5 Å². The minimum atomic E-state index is -3.89. The highest BCUT2D eigenvalue weighted by Crippen LogP contribution is 2.28. The lowest BCUT2D eigenvalue weighted by molar-refractivity contribution is -0.131. The van der Waals surface area contributed by atoms with Gasteiger partial charge in [-0.15, -0.1) is 10.2 Å². The average Bonchev–Trinajstić information content (AvgIpc) is 3.63. The summed E-state index contributed by atoms with van der Waals surface area (Å²) in [6.45, 7) is -1.62. The highest BCUT2D eigenvalue weighted by atomic mass is 32.2. The predicted molar refractivity (Wildman–Crippen MR) is 189 cm³/mol. The van der Waals surface area contributed by atoms with Crippen molar-refractivity contribution in [2.24, 2.45) is 0 Å². The molecule has 304 valence electrons. The molecular weight excluding hydrogens is 819 g/mol. The number of anilines is 2. The second-order valence-electron chi connectivity index (χ2n) is 11.8. The maximum absolute atomic E-state index is 14.5. The maximum Gasteiger partial charge on any atom is 0.315 e. The van der Waals surface area contributed by atoms with E-state index in [4.69, 9.17) is 4.42 Å². The Morgan fingerprint density at radius 2 is 1.21 bits per heavy atom. The first-order chi connectivity index (χ1) is 26.6. The topological polar surface area (TPSA) is 160 Å². The summed E-state index contributed by atoms with van der Waals surface area (Å²) in [6.07, 6.45) is -4.46. The van der Waals surface area contributed by atoms with Crippen LogP contribution in [0, 0.1) is 23.3 Å². The standard InChI is InChI=1S/C18H16F4N2O4S.C17H13F4N3O3S/c1-29(27,28)24(14-4-2-3-13(19)8-14)10-12-6-5-11(7-15(12)20)16(25)9-23-18(26)17(21)22;1-28(25,26)24(13-4-2-3-12(18)8-13)9-11-6-5-10(7-14(11)19)16-22-23-17(27-16)15(20)21/h2-8,17H,9-10H2,1H3,(H,23,26);2-8,15H,9H2,1H3. The number of carbonyl (C=O) groups is 2. The molecule has 0 saturated heterocycles. The number of amides is 1. The quantitative estimate of drug-likeness (QED) is 0.0984. The lowest BCUT2D eigenvalue weighted by Gasteiger charge is -2.23. The number of alkyl halides is 4. The van der Waals surface area contributed by atoms with Crippen molar-refractivity contribution in [1.82, 2.24) is 15.5 Å². The fourth-order valence-corrected chi connectivity index (χ4v) is 6.56. The Labute approximate surface area is 319 Å². The Balaban J connectivity index is 0.000000253. The molecule has 1 N–H and O–H groups in total. The molecule has 22 heteroatoms. The van der Waals surface area contributed by atoms with Gasteiger partial charge in [0.15, 0.2) is 5.78 Å². The molecule has 0 aliphatic heterocycles. The molecule has 0 saturated carbocycles. The van der Waals surface area contributed by atoms with Crippen molar-refractivity contribution < 1.29 is 66.0 Å². The second kappa shape index (κ2) is 18.4. The van der Waals surface area contributed by atoms with Gasteiger partial charge in [-0.05, 0) is 54.6 Å². The maximum atomic E-state index is 14.5. The molecule has 5 aromatic rings. The number of rotatable bonds is 14. The van der Waals surface area contributed by atoms with Crippen molar-refractivity contribution in [1.29, 1.82) is 0 Å². The zero-order chi connectivity index (χ0) is 42.2. The summed E-state index contributed by atoms with van der Waals surface area (Å²) in [5.41, 5.74) is -0.249. The van der Waals surface area contributed by atoms with E-state index >= 15 is 0 Å². The third-order valence-electron chi connectivity index (χ3n) is 7.54. The van der Waals surface area contributed by atoms with E-state index in [1.54, 1.807) is 5.32 Å². The van der Waals surface area contributed by atoms with Crippen LogP contribution in [0.2, 0.25) is 0 Å². The van der Waals surface area contributed by atoms with Crippen LogP contribution >= 0.6 is 0 Å². The predicted octanol–water partition coefficient (Wildman–Crippen LogP) is 6.41. The highest BCUT2D eigenvalue weighted by molar-refractivity contribution is 7.92. The summed E-state index contributed by atoms with van der Waals surface area (Å²) >= 11 is 0. The van der Waals surface area contributed by atoms with Crippen molar-refractivity contribution in [3.05, 3.63) is 131 Å². The number of aromatic nitrogens is 2. The van der Waals surface area contributed by atoms with Gasteiger partial charge < -0.3 is 9.73 Å². The summed E-state index contributed by atoms with van der Waals surface area (Å²) in [4.78, 5) is 22.7. The van der Waals surface area contributed by atoms with Crippen molar-refractivity contribution in [2.45, 2.75) is 25.9 Å². The van der Waals surface area contributed by atoms with Crippen LogP contribution in [0.15, 0.2) is 89.3 Å². The van der Waals surface area contributed by atoms with Crippen LogP contribution in [0.25, 0.3) is 11.5 Å². The number of hydrogen-bond acceptors (Lipinski definition) is 9. The van der Waals surface area contributed by atoms with Crippen molar-refractivity contribution in [3.8, 4) is 11.5 Å². The Morgan fingerprint density at radius 1 is 0.702 bits per heavy atom. The van der Waals surface area contributed by atoms with Crippen LogP contribution in [-0.4, -0.2) is 64.2 Å². The van der Waals surface area contributed by atoms with Gasteiger partial charge in [0, 0.05) is 22.3 Å². The monoisotopic (exact) mass is 847 g/mol. The first kappa shape index (κ1) is 43.8. The van der Waals surface area contributed by atoms with Gasteiger partial charge in [-0.1, -0.05) is 30.3 Å². The van der Waals surface area contributed by atoms with Crippen LogP contribution in [0.1, 0.15) is 33.8 Å². The van der Waals surface area contributed by atoms with E-state index in [9.17, 15) is 61.5 Å². The SMILES string of the molecule is CS(=O)(=O)N(Cc1ccc(-c2nnc(C(F)F)o2)cc1F)c1cccc(F)c1.CS(=O)(=O)N(Cc1ccc(C(=O)CNC(=O)C(F)F)cc1F)c1cccc(F)c1. The van der Waals surface area contributed by atoms with E-state index in [0.717, 1.165) is 63.6 Å². The van der Waals surface area contributed by atoms with Gasteiger partial charge in [0.2, 0.25) is 25.9 Å². The number of ketones is 1. The van der Waals surface area contributed by atoms with Crippen LogP contribution in [0.3, 0.4) is 0 Å². The molecule has 0 aliphatic rings. The molecule has 0 bridgehead atoms. The molecule has 0 radical (unpaired) electrons. The number of carbonyl (C=O) groups excluding carboxylic acids is 2. The Kier molecular flexibility index (Phi) is 14.1. The van der Waals surface area contributed by atoms with Gasteiger partial charge in [-0.2, -0.15) is 17.6 Å². The number of nitrogens with one attached hydrogen (secondary N) is 1. The normalized spacial score (nSPS) is 11.6. The molecule has 0 aliphatic carbocycles. The van der Waals surface area contributed by atoms with Crippen molar-refractivity contribution in [2.75, 3.05) is 27.7 Å². The smallest absolute Gasteiger partial charge is 0.315 e. The van der Waals surface area contributed by atoms with Gasteiger partial charge in [0.25, 0.3) is 11.8 Å². The molecule has 12 nitrogen and oxygen atoms in total. The third-order valence-corrected chi connectivity index (χ3v) is 9.83. The highest BCUT2D eigenvalue weighted by Gasteiger charge is 2.24. The number of benzene rings is 4. The molecule has 0 atom stereocenters. The van der Waals surface area contributed by atoms with E-state index in [0.29, 0.717) is 0 Å². The van der Waals surface area contributed by atoms with E-state index in [1.807, 2.05) is 0 Å². The van der Waals surface area contributed by atoms with Crippen LogP contribution in [0.4, 0.5) is 46.5 Å². The third kappa shape index (κ3) is 12.0. The summed E-state index contributed by atoms with van der Waals surface area (Å²) in [7, 11) is -7.73. The lowest BCUT2D eigenvalue weighted by Crippen LogP contribution is -2.34. The summed E-state index contributed by atoms with van der Waals surface area (Å²) in [5.74, 6) is -6.71. The van der Waals surface area contributed by atoms with Crippen molar-refractivity contribution in [3.63, 3.8) is 0 Å². The number of sulfonamides is 2. The first-order valence-electron chi connectivity index (χ1n) is 15.9. The Hall–Kier alpha value is -5.90. The van der Waals surface area contributed by atoms with Gasteiger partial charge in [0.05, 0.1) is 43.5 Å². The van der Waals surface area contributed by atoms with E-state index in [2.05, 4.69) is 10.2 Å². The molecule has 0 unspecified atom stereocenters. The molecule has 57 heavy (non-hydrogen) atoms. The van der Waals surface area contributed by atoms with Crippen molar-refractivity contribution >= 4 is 43.1 Å². The Bertz CT molecular complexity index is 2470. The van der Waals surface area contributed by atoms with Gasteiger partial charge in [-0.3, -0.25) is 18.2 Å². The Morgan fingerprint density at radius 3 is 1.63 bits per heavy atom. The van der Waals surface area contributed by atoms with E-state index in [-0.39, 0.29) is 39.5 Å². The number of Topliss-reactive ketones (excluding diaryl/α,β-unsaturated/α-hetero) is 1. The molecule has 1 aromatic heterocycles. The van der Waals surface area contributed by atoms with Crippen LogP contribution in [0.5, 0.6) is 0 Å². The molecule has 0 spiro atoms. The average molecular weight is 848 g/mol. The number of nitrogens with zero attached hydrogens (tertiary/aromatic N) is 4.